The molecule has 2 aromatic carbocycles. The molecule has 4 nitrogen and oxygen atoms in total. The maximum Gasteiger partial charge on any atom is 0.242 e. The molecule has 0 unspecified atom stereocenters. The first-order valence-corrected chi connectivity index (χ1v) is 10.9. The SMILES string of the molecule is CC[C@@H](C(=O)NC)N(CCc1ccccc1)C(=O)CSCc1ccccc1C. The molecular formula is C23H30N2O2S. The predicted octanol–water partition coefficient (Wildman–Crippen LogP) is 3.82. The van der Waals surface area contributed by atoms with Crippen LogP contribution in [0, 0.1) is 6.92 Å². The average molecular weight is 399 g/mol. The fraction of sp³-hybridized carbons (Fsp3) is 0.391. The zero-order chi connectivity index (χ0) is 20.4. The Labute approximate surface area is 172 Å². The summed E-state index contributed by atoms with van der Waals surface area (Å²) < 4.78 is 0. The van der Waals surface area contributed by atoms with Gasteiger partial charge in [0.05, 0.1) is 5.75 Å². The third-order valence-corrected chi connectivity index (χ3v) is 5.83. The molecule has 0 aliphatic heterocycles. The third kappa shape index (κ3) is 6.41. The summed E-state index contributed by atoms with van der Waals surface area (Å²) in [5.74, 6) is 1.08. The summed E-state index contributed by atoms with van der Waals surface area (Å²) in [6.45, 7) is 4.57. The number of likely N-dealkylation sites (N-methyl/N-ethyl adjacent to an activating group) is 1. The van der Waals surface area contributed by atoms with Crippen molar-refractivity contribution in [1.29, 1.82) is 0 Å². The summed E-state index contributed by atoms with van der Waals surface area (Å²) in [6, 6.07) is 17.9. The van der Waals surface area contributed by atoms with E-state index in [0.717, 1.165) is 12.2 Å². The van der Waals surface area contributed by atoms with E-state index >= 15 is 0 Å². The molecule has 0 heterocycles. The minimum Gasteiger partial charge on any atom is -0.357 e. The van der Waals surface area contributed by atoms with E-state index in [-0.39, 0.29) is 11.8 Å². The van der Waals surface area contributed by atoms with Crippen LogP contribution in [0.5, 0.6) is 0 Å². The number of hydrogen-bond donors (Lipinski definition) is 1. The standard InChI is InChI=1S/C23H30N2O2S/c1-4-21(23(27)24-3)25(15-14-19-11-6-5-7-12-19)22(26)17-28-16-20-13-9-8-10-18(20)2/h5-13,21H,4,14-17H2,1-3H3,(H,24,27)/t21-/m0/s1. The number of aryl methyl sites for hydroxylation is 1. The fourth-order valence-corrected chi connectivity index (χ4v) is 4.15. The van der Waals surface area contributed by atoms with E-state index in [4.69, 9.17) is 0 Å². The molecule has 2 amide bonds. The monoisotopic (exact) mass is 398 g/mol. The lowest BCUT2D eigenvalue weighted by atomic mass is 10.1. The highest BCUT2D eigenvalue weighted by Crippen LogP contribution is 2.18. The number of rotatable bonds is 10. The van der Waals surface area contributed by atoms with Gasteiger partial charge in [0.25, 0.3) is 0 Å². The van der Waals surface area contributed by atoms with Crippen LogP contribution in [0.1, 0.15) is 30.0 Å². The molecule has 0 aliphatic rings. The van der Waals surface area contributed by atoms with Gasteiger partial charge in [-0.25, -0.2) is 0 Å². The largest absolute Gasteiger partial charge is 0.357 e. The maximum absolute atomic E-state index is 13.0. The van der Waals surface area contributed by atoms with E-state index in [2.05, 4.69) is 36.5 Å². The van der Waals surface area contributed by atoms with Crippen molar-refractivity contribution in [2.45, 2.75) is 38.5 Å². The van der Waals surface area contributed by atoms with Gasteiger partial charge < -0.3 is 10.2 Å². The van der Waals surface area contributed by atoms with Crippen molar-refractivity contribution in [3.8, 4) is 0 Å². The first-order chi connectivity index (χ1) is 13.6. The third-order valence-electron chi connectivity index (χ3n) is 4.86. The van der Waals surface area contributed by atoms with Gasteiger partial charge >= 0.3 is 0 Å². The molecule has 5 heteroatoms. The van der Waals surface area contributed by atoms with Crippen molar-refractivity contribution in [3.63, 3.8) is 0 Å². The van der Waals surface area contributed by atoms with E-state index in [0.29, 0.717) is 18.7 Å². The maximum atomic E-state index is 13.0. The van der Waals surface area contributed by atoms with Gasteiger partial charge in [0.2, 0.25) is 11.8 Å². The van der Waals surface area contributed by atoms with E-state index in [9.17, 15) is 9.59 Å². The molecule has 0 saturated heterocycles. The molecule has 0 aromatic heterocycles. The van der Waals surface area contributed by atoms with Gasteiger partial charge in [-0.2, -0.15) is 0 Å². The number of hydrogen-bond acceptors (Lipinski definition) is 3. The number of nitrogens with zero attached hydrogens (tertiary/aromatic N) is 1. The van der Waals surface area contributed by atoms with Crippen LogP contribution in [0.2, 0.25) is 0 Å². The molecule has 1 atom stereocenters. The smallest absolute Gasteiger partial charge is 0.242 e. The first-order valence-electron chi connectivity index (χ1n) is 9.74. The molecule has 2 aromatic rings. The first kappa shape index (κ1) is 22.0. The van der Waals surface area contributed by atoms with E-state index < -0.39 is 6.04 Å². The van der Waals surface area contributed by atoms with Crippen LogP contribution < -0.4 is 5.32 Å². The van der Waals surface area contributed by atoms with Crippen molar-refractivity contribution >= 4 is 23.6 Å². The quantitative estimate of drug-likeness (QED) is 0.662. The van der Waals surface area contributed by atoms with Crippen LogP contribution in [0.4, 0.5) is 0 Å². The second kappa shape index (κ2) is 11.5. The zero-order valence-corrected chi connectivity index (χ0v) is 17.8. The van der Waals surface area contributed by atoms with Crippen LogP contribution in [0.15, 0.2) is 54.6 Å². The van der Waals surface area contributed by atoms with E-state index in [1.807, 2.05) is 37.3 Å². The molecule has 28 heavy (non-hydrogen) atoms. The number of amides is 2. The Morgan fingerprint density at radius 2 is 1.75 bits per heavy atom. The zero-order valence-electron chi connectivity index (χ0n) is 17.0. The highest BCUT2D eigenvalue weighted by Gasteiger charge is 2.27. The van der Waals surface area contributed by atoms with E-state index in [1.54, 1.807) is 23.7 Å². The Morgan fingerprint density at radius 3 is 2.39 bits per heavy atom. The average Bonchev–Trinajstić information content (AvgIpc) is 2.72. The van der Waals surface area contributed by atoms with Gasteiger partial charge in [-0.3, -0.25) is 9.59 Å². The Hall–Kier alpha value is -2.27. The lowest BCUT2D eigenvalue weighted by Crippen LogP contribution is -2.50. The second-order valence-corrected chi connectivity index (χ2v) is 7.77. The summed E-state index contributed by atoms with van der Waals surface area (Å²) in [7, 11) is 1.62. The summed E-state index contributed by atoms with van der Waals surface area (Å²) in [5.41, 5.74) is 3.65. The predicted molar refractivity (Wildman–Crippen MR) is 117 cm³/mol. The topological polar surface area (TPSA) is 49.4 Å². The number of nitrogens with one attached hydrogen (secondary N) is 1. The van der Waals surface area contributed by atoms with Crippen LogP contribution in [-0.2, 0) is 21.8 Å². The normalized spacial score (nSPS) is 11.7. The van der Waals surface area contributed by atoms with Crippen LogP contribution >= 0.6 is 11.8 Å². The van der Waals surface area contributed by atoms with Gasteiger partial charge in [-0.15, -0.1) is 11.8 Å². The number of carbonyl (C=O) groups is 2. The Kier molecular flexibility index (Phi) is 9.08. The summed E-state index contributed by atoms with van der Waals surface area (Å²) in [5, 5.41) is 2.70. The van der Waals surface area contributed by atoms with E-state index in [1.165, 1.54) is 16.7 Å². The Morgan fingerprint density at radius 1 is 1.07 bits per heavy atom. The van der Waals surface area contributed by atoms with Gasteiger partial charge in [0.15, 0.2) is 0 Å². The van der Waals surface area contributed by atoms with Crippen molar-refractivity contribution in [3.05, 3.63) is 71.3 Å². The van der Waals surface area contributed by atoms with Crippen molar-refractivity contribution < 1.29 is 9.59 Å². The molecule has 0 radical (unpaired) electrons. The van der Waals surface area contributed by atoms with Crippen LogP contribution in [0.25, 0.3) is 0 Å². The molecule has 2 rings (SSSR count). The number of benzene rings is 2. The van der Waals surface area contributed by atoms with Gasteiger partial charge in [-0.1, -0.05) is 61.5 Å². The van der Waals surface area contributed by atoms with Gasteiger partial charge in [0, 0.05) is 19.3 Å². The van der Waals surface area contributed by atoms with Crippen molar-refractivity contribution in [1.82, 2.24) is 10.2 Å². The van der Waals surface area contributed by atoms with Gasteiger partial charge in [-0.05, 0) is 36.5 Å². The minimum atomic E-state index is -0.430. The molecule has 0 bridgehead atoms. The highest BCUT2D eigenvalue weighted by atomic mass is 32.2. The molecule has 1 N–H and O–H groups in total. The van der Waals surface area contributed by atoms with Crippen molar-refractivity contribution in [2.75, 3.05) is 19.3 Å². The number of carbonyl (C=O) groups excluding carboxylic acids is 2. The molecule has 0 fully saturated rings. The van der Waals surface area contributed by atoms with Crippen LogP contribution in [-0.4, -0.2) is 42.1 Å². The molecule has 0 saturated carbocycles. The lowest BCUT2D eigenvalue weighted by Gasteiger charge is -2.30. The number of thioether (sulfide) groups is 1. The second-order valence-electron chi connectivity index (χ2n) is 6.78. The fourth-order valence-electron chi connectivity index (χ4n) is 3.17. The highest BCUT2D eigenvalue weighted by molar-refractivity contribution is 7.99. The van der Waals surface area contributed by atoms with Gasteiger partial charge in [0.1, 0.15) is 6.04 Å². The molecule has 150 valence electrons. The van der Waals surface area contributed by atoms with Crippen molar-refractivity contribution in [2.24, 2.45) is 0 Å². The summed E-state index contributed by atoms with van der Waals surface area (Å²) in [4.78, 5) is 27.1. The Balaban J connectivity index is 2.02. The molecule has 0 aliphatic carbocycles. The lowest BCUT2D eigenvalue weighted by molar-refractivity contribution is -0.138. The van der Waals surface area contributed by atoms with Crippen LogP contribution in [0.3, 0.4) is 0 Å². The molecular weight excluding hydrogens is 368 g/mol. The summed E-state index contributed by atoms with van der Waals surface area (Å²) in [6.07, 6.45) is 1.34. The minimum absolute atomic E-state index is 0.0185. The molecule has 0 spiro atoms. The Bertz CT molecular complexity index is 764. The summed E-state index contributed by atoms with van der Waals surface area (Å²) >= 11 is 1.60.